The first kappa shape index (κ1) is 16.4. The van der Waals surface area contributed by atoms with E-state index >= 15 is 0 Å². The summed E-state index contributed by atoms with van der Waals surface area (Å²) in [5, 5.41) is 0. The number of primary amides is 1. The van der Waals surface area contributed by atoms with Gasteiger partial charge >= 0.3 is 0 Å². The van der Waals surface area contributed by atoms with Gasteiger partial charge in [-0.05, 0) is 11.6 Å². The van der Waals surface area contributed by atoms with Gasteiger partial charge in [-0.3, -0.25) is 9.59 Å². The Morgan fingerprint density at radius 2 is 2.24 bits per heavy atom. The quantitative estimate of drug-likeness (QED) is 0.801. The standard InChI is InChI=1S/C18H22N2O5/c1-23-9-7-20-17(22)15(16(19)21)14-11-4-2-3-5-13(11)25-18(20)6-8-24-10-12(14)18/h2-5,12,14-15H,6-10H2,1H3,(H2,19,21). The molecule has 25 heavy (non-hydrogen) atoms. The molecule has 2 fully saturated rings. The molecule has 3 heterocycles. The average molecular weight is 346 g/mol. The maximum atomic E-state index is 13.2. The van der Waals surface area contributed by atoms with Crippen LogP contribution >= 0.6 is 0 Å². The SMILES string of the molecule is COCCN1C(=O)C(C(N)=O)C2c3ccccc3OC13CCOCC23. The molecule has 3 aliphatic heterocycles. The van der Waals surface area contributed by atoms with Crippen molar-refractivity contribution in [3.63, 3.8) is 0 Å². The number of para-hydroxylation sites is 1. The minimum absolute atomic E-state index is 0.136. The second kappa shape index (κ2) is 6.00. The molecule has 0 radical (unpaired) electrons. The lowest BCUT2D eigenvalue weighted by molar-refractivity contribution is -0.228. The third kappa shape index (κ3) is 2.26. The van der Waals surface area contributed by atoms with Gasteiger partial charge in [0.15, 0.2) is 5.72 Å². The van der Waals surface area contributed by atoms with E-state index in [0.717, 1.165) is 5.56 Å². The molecule has 0 aromatic heterocycles. The molecule has 2 N–H and O–H groups in total. The Morgan fingerprint density at radius 1 is 1.44 bits per heavy atom. The predicted molar refractivity (Wildman–Crippen MR) is 87.7 cm³/mol. The molecule has 4 atom stereocenters. The largest absolute Gasteiger partial charge is 0.467 e. The first-order valence-corrected chi connectivity index (χ1v) is 8.55. The van der Waals surface area contributed by atoms with Crippen LogP contribution < -0.4 is 10.5 Å². The number of nitrogens with two attached hydrogens (primary N) is 1. The predicted octanol–water partition coefficient (Wildman–Crippen LogP) is 0.486. The van der Waals surface area contributed by atoms with Crippen molar-refractivity contribution in [3.8, 4) is 5.75 Å². The van der Waals surface area contributed by atoms with Crippen LogP contribution in [0.5, 0.6) is 5.75 Å². The highest BCUT2D eigenvalue weighted by Crippen LogP contribution is 2.56. The molecule has 0 saturated carbocycles. The summed E-state index contributed by atoms with van der Waals surface area (Å²) >= 11 is 0. The van der Waals surface area contributed by atoms with Crippen LogP contribution in [0.1, 0.15) is 17.9 Å². The van der Waals surface area contributed by atoms with Gasteiger partial charge < -0.3 is 24.8 Å². The number of nitrogens with zero attached hydrogens (tertiary/aromatic N) is 1. The van der Waals surface area contributed by atoms with Crippen molar-refractivity contribution in [2.75, 3.05) is 33.5 Å². The Kier molecular flexibility index (Phi) is 3.92. The fraction of sp³-hybridized carbons (Fsp3) is 0.556. The number of carbonyl (C=O) groups is 2. The lowest BCUT2D eigenvalue weighted by Crippen LogP contribution is -2.73. The highest BCUT2D eigenvalue weighted by Gasteiger charge is 2.64. The van der Waals surface area contributed by atoms with E-state index in [1.54, 1.807) is 12.0 Å². The summed E-state index contributed by atoms with van der Waals surface area (Å²) in [4.78, 5) is 27.1. The number of rotatable bonds is 4. The second-order valence-corrected chi connectivity index (χ2v) is 6.80. The van der Waals surface area contributed by atoms with Crippen LogP contribution in [-0.4, -0.2) is 55.9 Å². The van der Waals surface area contributed by atoms with E-state index in [1.807, 2.05) is 24.3 Å². The molecular formula is C18H22N2O5. The van der Waals surface area contributed by atoms with Gasteiger partial charge in [0.2, 0.25) is 11.8 Å². The third-order valence-corrected chi connectivity index (χ3v) is 5.65. The van der Waals surface area contributed by atoms with Crippen LogP contribution in [0.25, 0.3) is 0 Å². The normalized spacial score (nSPS) is 33.2. The lowest BCUT2D eigenvalue weighted by Gasteiger charge is -2.60. The molecule has 2 amide bonds. The molecule has 0 spiro atoms. The summed E-state index contributed by atoms with van der Waals surface area (Å²) in [5.41, 5.74) is 5.71. The average Bonchev–Trinajstić information content (AvgIpc) is 2.60. The van der Waals surface area contributed by atoms with Crippen molar-refractivity contribution < 1.29 is 23.8 Å². The van der Waals surface area contributed by atoms with Gasteiger partial charge in [0, 0.05) is 26.0 Å². The van der Waals surface area contributed by atoms with Crippen molar-refractivity contribution in [1.29, 1.82) is 0 Å². The van der Waals surface area contributed by atoms with E-state index in [0.29, 0.717) is 38.5 Å². The zero-order valence-electron chi connectivity index (χ0n) is 14.1. The Morgan fingerprint density at radius 3 is 3.00 bits per heavy atom. The molecule has 3 aliphatic rings. The molecular weight excluding hydrogens is 324 g/mol. The molecule has 1 aromatic rings. The summed E-state index contributed by atoms with van der Waals surface area (Å²) in [6.07, 6.45) is 0.559. The van der Waals surface area contributed by atoms with Gasteiger partial charge in [-0.25, -0.2) is 0 Å². The van der Waals surface area contributed by atoms with Crippen LogP contribution in [-0.2, 0) is 19.1 Å². The van der Waals surface area contributed by atoms with Crippen molar-refractivity contribution >= 4 is 11.8 Å². The van der Waals surface area contributed by atoms with Gasteiger partial charge in [0.1, 0.15) is 11.7 Å². The monoisotopic (exact) mass is 346 g/mol. The molecule has 4 unspecified atom stereocenters. The molecule has 4 rings (SSSR count). The number of hydrogen-bond acceptors (Lipinski definition) is 5. The fourth-order valence-corrected chi connectivity index (χ4v) is 4.60. The highest BCUT2D eigenvalue weighted by atomic mass is 16.5. The second-order valence-electron chi connectivity index (χ2n) is 6.80. The zero-order valence-corrected chi connectivity index (χ0v) is 14.1. The van der Waals surface area contributed by atoms with Gasteiger partial charge in [-0.2, -0.15) is 0 Å². The van der Waals surface area contributed by atoms with E-state index in [-0.39, 0.29) is 17.7 Å². The van der Waals surface area contributed by atoms with Crippen LogP contribution in [0.15, 0.2) is 24.3 Å². The number of hydrogen-bond donors (Lipinski definition) is 1. The highest BCUT2D eigenvalue weighted by molar-refractivity contribution is 6.02. The Balaban J connectivity index is 1.89. The minimum atomic E-state index is -0.915. The maximum absolute atomic E-state index is 13.2. The van der Waals surface area contributed by atoms with Crippen LogP contribution in [0.3, 0.4) is 0 Å². The molecule has 7 nitrogen and oxygen atoms in total. The van der Waals surface area contributed by atoms with Gasteiger partial charge in [-0.1, -0.05) is 18.2 Å². The third-order valence-electron chi connectivity index (χ3n) is 5.65. The van der Waals surface area contributed by atoms with Crippen molar-refractivity contribution in [1.82, 2.24) is 4.90 Å². The van der Waals surface area contributed by atoms with Gasteiger partial charge in [-0.15, -0.1) is 0 Å². The summed E-state index contributed by atoms with van der Waals surface area (Å²) in [6.45, 7) is 1.65. The first-order valence-electron chi connectivity index (χ1n) is 8.55. The number of likely N-dealkylation sites (tertiary alicyclic amines) is 1. The van der Waals surface area contributed by atoms with E-state index in [1.165, 1.54) is 0 Å². The van der Waals surface area contributed by atoms with E-state index in [2.05, 4.69) is 0 Å². The number of benzene rings is 1. The smallest absolute Gasteiger partial charge is 0.238 e. The van der Waals surface area contributed by atoms with Crippen LogP contribution in [0.2, 0.25) is 0 Å². The van der Waals surface area contributed by atoms with E-state index in [9.17, 15) is 9.59 Å². The molecule has 2 bridgehead atoms. The fourth-order valence-electron chi connectivity index (χ4n) is 4.60. The van der Waals surface area contributed by atoms with Crippen molar-refractivity contribution in [2.45, 2.75) is 18.1 Å². The topological polar surface area (TPSA) is 91.1 Å². The van der Waals surface area contributed by atoms with Crippen molar-refractivity contribution in [3.05, 3.63) is 29.8 Å². The number of methoxy groups -OCH3 is 1. The maximum Gasteiger partial charge on any atom is 0.238 e. The van der Waals surface area contributed by atoms with Crippen LogP contribution in [0.4, 0.5) is 0 Å². The van der Waals surface area contributed by atoms with Crippen molar-refractivity contribution in [2.24, 2.45) is 17.6 Å². The number of carbonyl (C=O) groups excluding carboxylic acids is 2. The minimum Gasteiger partial charge on any atom is -0.467 e. The summed E-state index contributed by atoms with van der Waals surface area (Å²) in [7, 11) is 1.58. The Labute approximate surface area is 146 Å². The molecule has 7 heteroatoms. The van der Waals surface area contributed by atoms with Gasteiger partial charge in [0.25, 0.3) is 0 Å². The number of ether oxygens (including phenoxy) is 3. The number of fused-ring (bicyclic) bond motifs is 2. The molecule has 0 aliphatic carbocycles. The number of amides is 2. The number of piperidine rings is 1. The first-order chi connectivity index (χ1) is 12.1. The molecule has 134 valence electrons. The Hall–Kier alpha value is -2.12. The van der Waals surface area contributed by atoms with E-state index < -0.39 is 17.6 Å². The molecule has 2 saturated heterocycles. The summed E-state index contributed by atoms with van der Waals surface area (Å²) in [5.74, 6) is -1.54. The van der Waals surface area contributed by atoms with E-state index in [4.69, 9.17) is 19.9 Å². The Bertz CT molecular complexity index is 708. The van der Waals surface area contributed by atoms with Gasteiger partial charge in [0.05, 0.1) is 25.7 Å². The zero-order chi connectivity index (χ0) is 17.6. The summed E-state index contributed by atoms with van der Waals surface area (Å²) in [6, 6.07) is 7.58. The molecule has 1 aromatic carbocycles. The summed E-state index contributed by atoms with van der Waals surface area (Å²) < 4.78 is 17.3. The lowest BCUT2D eigenvalue weighted by atomic mass is 9.64. The van der Waals surface area contributed by atoms with Crippen LogP contribution in [0, 0.1) is 11.8 Å².